The molecule has 2 rings (SSSR count). The Bertz CT molecular complexity index is 532. The minimum atomic E-state index is -3.73. The van der Waals surface area contributed by atoms with Crippen molar-refractivity contribution in [3.63, 3.8) is 0 Å². The predicted octanol–water partition coefficient (Wildman–Crippen LogP) is 0.984. The van der Waals surface area contributed by atoms with Crippen molar-refractivity contribution in [2.45, 2.75) is 37.8 Å². The Morgan fingerprint density at radius 2 is 1.95 bits per heavy atom. The molecule has 19 heavy (non-hydrogen) atoms. The van der Waals surface area contributed by atoms with Crippen LogP contribution >= 0.6 is 0 Å². The second-order valence-electron chi connectivity index (χ2n) is 5.00. The van der Waals surface area contributed by atoms with Crippen molar-refractivity contribution in [2.24, 2.45) is 10.9 Å². The fraction of sp³-hybridized carbons (Fsp3) is 0.500. The molecule has 0 spiro atoms. The van der Waals surface area contributed by atoms with E-state index in [1.165, 1.54) is 0 Å². The van der Waals surface area contributed by atoms with E-state index in [0.29, 0.717) is 11.7 Å². The number of benzene rings is 1. The van der Waals surface area contributed by atoms with Crippen LogP contribution in [0.2, 0.25) is 0 Å². The fourth-order valence-corrected chi connectivity index (χ4v) is 2.89. The van der Waals surface area contributed by atoms with Crippen molar-refractivity contribution in [3.05, 3.63) is 24.3 Å². The van der Waals surface area contributed by atoms with Gasteiger partial charge in [-0.3, -0.25) is 4.72 Å². The van der Waals surface area contributed by atoms with Gasteiger partial charge in [0, 0.05) is 17.8 Å². The van der Waals surface area contributed by atoms with Gasteiger partial charge in [-0.2, -0.15) is 8.42 Å². The molecule has 106 valence electrons. The highest BCUT2D eigenvalue weighted by atomic mass is 32.2. The SMILES string of the molecule is NC1CCCC(Nc2cccc(NS(N)(=O)=O)c2)C1. The lowest BCUT2D eigenvalue weighted by atomic mass is 9.91. The molecular formula is C12H20N4O2S. The molecular weight excluding hydrogens is 264 g/mol. The number of rotatable bonds is 4. The van der Waals surface area contributed by atoms with Crippen LogP contribution in [0.5, 0.6) is 0 Å². The fourth-order valence-electron chi connectivity index (χ4n) is 2.43. The van der Waals surface area contributed by atoms with E-state index >= 15 is 0 Å². The minimum absolute atomic E-state index is 0.247. The lowest BCUT2D eigenvalue weighted by molar-refractivity contribution is 0.409. The molecule has 0 aliphatic heterocycles. The van der Waals surface area contributed by atoms with E-state index in [4.69, 9.17) is 10.9 Å². The molecule has 0 saturated heterocycles. The lowest BCUT2D eigenvalue weighted by Gasteiger charge is -2.28. The maximum Gasteiger partial charge on any atom is 0.296 e. The first kappa shape index (κ1) is 14.1. The average molecular weight is 284 g/mol. The molecule has 0 heterocycles. The van der Waals surface area contributed by atoms with Crippen molar-refractivity contribution in [1.29, 1.82) is 0 Å². The highest BCUT2D eigenvalue weighted by Gasteiger charge is 2.18. The summed E-state index contributed by atoms with van der Waals surface area (Å²) in [7, 11) is -3.73. The second-order valence-corrected chi connectivity index (χ2v) is 6.29. The number of nitrogens with two attached hydrogens (primary N) is 2. The maximum absolute atomic E-state index is 11.0. The molecule has 6 nitrogen and oxygen atoms in total. The van der Waals surface area contributed by atoms with E-state index in [-0.39, 0.29) is 6.04 Å². The molecule has 1 aliphatic carbocycles. The number of nitrogens with one attached hydrogen (secondary N) is 2. The summed E-state index contributed by atoms with van der Waals surface area (Å²) >= 11 is 0. The van der Waals surface area contributed by atoms with Gasteiger partial charge < -0.3 is 11.1 Å². The first-order valence-electron chi connectivity index (χ1n) is 6.35. The van der Waals surface area contributed by atoms with Crippen molar-refractivity contribution >= 4 is 21.6 Å². The van der Waals surface area contributed by atoms with Crippen LogP contribution in [-0.2, 0) is 10.2 Å². The molecule has 0 bridgehead atoms. The smallest absolute Gasteiger partial charge is 0.296 e. The first-order chi connectivity index (χ1) is 8.92. The highest BCUT2D eigenvalue weighted by molar-refractivity contribution is 7.90. The van der Waals surface area contributed by atoms with Gasteiger partial charge in [0.2, 0.25) is 0 Å². The van der Waals surface area contributed by atoms with Crippen molar-refractivity contribution < 1.29 is 8.42 Å². The number of hydrogen-bond acceptors (Lipinski definition) is 4. The van der Waals surface area contributed by atoms with Crippen LogP contribution in [0.3, 0.4) is 0 Å². The van der Waals surface area contributed by atoms with Crippen molar-refractivity contribution in [1.82, 2.24) is 0 Å². The zero-order valence-electron chi connectivity index (χ0n) is 10.7. The van der Waals surface area contributed by atoms with Crippen LogP contribution < -0.4 is 20.9 Å². The predicted molar refractivity (Wildman–Crippen MR) is 77.0 cm³/mol. The summed E-state index contributed by atoms with van der Waals surface area (Å²) in [6, 6.07) is 7.64. The minimum Gasteiger partial charge on any atom is -0.382 e. The third-order valence-electron chi connectivity index (χ3n) is 3.21. The molecule has 1 aromatic rings. The van der Waals surface area contributed by atoms with E-state index in [1.807, 2.05) is 6.07 Å². The molecule has 0 aromatic heterocycles. The summed E-state index contributed by atoms with van der Waals surface area (Å²) in [5.74, 6) is 0. The van der Waals surface area contributed by atoms with E-state index < -0.39 is 10.2 Å². The lowest BCUT2D eigenvalue weighted by Crippen LogP contribution is -2.34. The molecule has 2 unspecified atom stereocenters. The summed E-state index contributed by atoms with van der Waals surface area (Å²) in [4.78, 5) is 0. The molecule has 0 amide bonds. The van der Waals surface area contributed by atoms with Gasteiger partial charge in [0.15, 0.2) is 0 Å². The van der Waals surface area contributed by atoms with Gasteiger partial charge >= 0.3 is 0 Å². The van der Waals surface area contributed by atoms with E-state index in [2.05, 4.69) is 10.0 Å². The van der Waals surface area contributed by atoms with E-state index in [9.17, 15) is 8.42 Å². The summed E-state index contributed by atoms with van der Waals surface area (Å²) in [6.45, 7) is 0. The average Bonchev–Trinajstić information content (AvgIpc) is 2.27. The Kier molecular flexibility index (Phi) is 4.28. The van der Waals surface area contributed by atoms with Crippen LogP contribution in [-0.4, -0.2) is 20.5 Å². The van der Waals surface area contributed by atoms with Gasteiger partial charge in [-0.25, -0.2) is 5.14 Å². The van der Waals surface area contributed by atoms with Gasteiger partial charge in [-0.15, -0.1) is 0 Å². The van der Waals surface area contributed by atoms with Crippen LogP contribution in [0, 0.1) is 0 Å². The molecule has 7 heteroatoms. The van der Waals surface area contributed by atoms with Crippen molar-refractivity contribution in [3.8, 4) is 0 Å². The number of hydrogen-bond donors (Lipinski definition) is 4. The van der Waals surface area contributed by atoms with Gasteiger partial charge in [-0.1, -0.05) is 6.07 Å². The Morgan fingerprint density at radius 3 is 2.63 bits per heavy atom. The second kappa shape index (κ2) is 5.77. The molecule has 2 atom stereocenters. The summed E-state index contributed by atoms with van der Waals surface area (Å²) < 4.78 is 24.2. The Balaban J connectivity index is 2.02. The summed E-state index contributed by atoms with van der Waals surface area (Å²) in [5.41, 5.74) is 7.26. The van der Waals surface area contributed by atoms with Gasteiger partial charge in [-0.05, 0) is 43.9 Å². The normalized spacial score (nSPS) is 23.9. The monoisotopic (exact) mass is 284 g/mol. The van der Waals surface area contributed by atoms with Gasteiger partial charge in [0.05, 0.1) is 5.69 Å². The molecule has 1 saturated carbocycles. The summed E-state index contributed by atoms with van der Waals surface area (Å²) in [6.07, 6.45) is 4.21. The molecule has 1 fully saturated rings. The Morgan fingerprint density at radius 1 is 1.21 bits per heavy atom. The third kappa shape index (κ3) is 4.70. The van der Waals surface area contributed by atoms with Crippen LogP contribution in [0.1, 0.15) is 25.7 Å². The first-order valence-corrected chi connectivity index (χ1v) is 7.90. The maximum atomic E-state index is 11.0. The molecule has 1 aliphatic rings. The van der Waals surface area contributed by atoms with Gasteiger partial charge in [0.25, 0.3) is 10.2 Å². The standard InChI is InChI=1S/C12H20N4O2S/c13-9-3-1-4-10(7-9)15-11-5-2-6-12(8-11)16-19(14,17)18/h2,5-6,8-10,15-16H,1,3-4,7,13H2,(H2,14,17,18). The van der Waals surface area contributed by atoms with Crippen LogP contribution in [0.15, 0.2) is 24.3 Å². The Labute approximate surface area is 113 Å². The largest absolute Gasteiger partial charge is 0.382 e. The highest BCUT2D eigenvalue weighted by Crippen LogP contribution is 2.23. The molecule has 6 N–H and O–H groups in total. The van der Waals surface area contributed by atoms with Crippen LogP contribution in [0.4, 0.5) is 11.4 Å². The third-order valence-corrected chi connectivity index (χ3v) is 3.73. The molecule has 1 aromatic carbocycles. The zero-order valence-corrected chi connectivity index (χ0v) is 11.5. The van der Waals surface area contributed by atoms with E-state index in [0.717, 1.165) is 31.4 Å². The zero-order chi connectivity index (χ0) is 13.9. The summed E-state index contributed by atoms with van der Waals surface area (Å²) in [5, 5.41) is 8.33. The van der Waals surface area contributed by atoms with Crippen molar-refractivity contribution in [2.75, 3.05) is 10.0 Å². The number of anilines is 2. The van der Waals surface area contributed by atoms with Gasteiger partial charge in [0.1, 0.15) is 0 Å². The molecule has 0 radical (unpaired) electrons. The Hall–Kier alpha value is -1.31. The van der Waals surface area contributed by atoms with Crippen LogP contribution in [0.25, 0.3) is 0 Å². The van der Waals surface area contributed by atoms with E-state index in [1.54, 1.807) is 18.2 Å². The topological polar surface area (TPSA) is 110 Å². The quantitative estimate of drug-likeness (QED) is 0.660.